The topological polar surface area (TPSA) is 25.2 Å². The van der Waals surface area contributed by atoms with Gasteiger partial charge in [0.2, 0.25) is 0 Å². The number of fused-ring (bicyclic) bond motifs is 1. The van der Waals surface area contributed by atoms with Crippen molar-refractivity contribution < 1.29 is 4.42 Å². The molecule has 2 aromatic rings. The summed E-state index contributed by atoms with van der Waals surface area (Å²) in [6.45, 7) is 3.22. The predicted octanol–water partition coefficient (Wildman–Crippen LogP) is 4.50. The molecule has 106 valence electrons. The van der Waals surface area contributed by atoms with Crippen molar-refractivity contribution in [3.8, 4) is 0 Å². The largest absolute Gasteiger partial charge is 0.453 e. The first-order valence-corrected chi connectivity index (χ1v) is 8.12. The van der Waals surface area contributed by atoms with Crippen molar-refractivity contribution in [2.24, 2.45) is 5.92 Å². The van der Waals surface area contributed by atoms with Crippen molar-refractivity contribution in [2.45, 2.75) is 32.2 Å². The van der Waals surface area contributed by atoms with Crippen molar-refractivity contribution in [2.75, 3.05) is 6.54 Å². The first-order chi connectivity index (χ1) is 9.78. The molecule has 3 rings (SSSR count). The molecule has 3 heteroatoms. The molecule has 0 fully saturated rings. The van der Waals surface area contributed by atoms with Crippen LogP contribution in [0.1, 0.15) is 36.3 Å². The highest BCUT2D eigenvalue weighted by atomic mass is 79.9. The van der Waals surface area contributed by atoms with E-state index in [2.05, 4.69) is 58.5 Å². The molecule has 1 aliphatic carbocycles. The second-order valence-corrected chi connectivity index (χ2v) is 6.29. The summed E-state index contributed by atoms with van der Waals surface area (Å²) in [5.74, 6) is 1.63. The molecule has 0 spiro atoms. The van der Waals surface area contributed by atoms with Gasteiger partial charge in [0.05, 0.1) is 6.04 Å². The Morgan fingerprint density at radius 2 is 1.90 bits per heavy atom. The summed E-state index contributed by atoms with van der Waals surface area (Å²) in [5.41, 5.74) is 2.98. The van der Waals surface area contributed by atoms with Gasteiger partial charge in [-0.3, -0.25) is 0 Å². The van der Waals surface area contributed by atoms with E-state index in [1.807, 2.05) is 6.07 Å². The molecule has 0 saturated heterocycles. The van der Waals surface area contributed by atoms with Crippen molar-refractivity contribution in [3.63, 3.8) is 0 Å². The third kappa shape index (κ3) is 2.84. The third-order valence-electron chi connectivity index (χ3n) is 4.07. The minimum atomic E-state index is 0.300. The average Bonchev–Trinajstić information content (AvgIpc) is 3.05. The van der Waals surface area contributed by atoms with E-state index in [4.69, 9.17) is 4.42 Å². The van der Waals surface area contributed by atoms with Crippen molar-refractivity contribution in [1.82, 2.24) is 5.32 Å². The van der Waals surface area contributed by atoms with E-state index in [0.717, 1.165) is 36.2 Å². The Bertz CT molecular complexity index is 553. The van der Waals surface area contributed by atoms with Gasteiger partial charge in [-0.15, -0.1) is 0 Å². The van der Waals surface area contributed by atoms with Crippen LogP contribution in [0.25, 0.3) is 0 Å². The number of halogens is 1. The Kier molecular flexibility index (Phi) is 4.27. The van der Waals surface area contributed by atoms with Crippen LogP contribution in [0, 0.1) is 5.92 Å². The second-order valence-electron chi connectivity index (χ2n) is 5.51. The molecule has 0 saturated carbocycles. The number of rotatable bonds is 5. The summed E-state index contributed by atoms with van der Waals surface area (Å²) in [7, 11) is 0. The van der Waals surface area contributed by atoms with E-state index in [9.17, 15) is 0 Å². The van der Waals surface area contributed by atoms with Gasteiger partial charge in [0.25, 0.3) is 0 Å². The highest BCUT2D eigenvalue weighted by molar-refractivity contribution is 9.10. The lowest BCUT2D eigenvalue weighted by Gasteiger charge is -2.22. The first kappa shape index (κ1) is 13.9. The maximum absolute atomic E-state index is 5.81. The molecule has 0 bridgehead atoms. The van der Waals surface area contributed by atoms with Crippen LogP contribution in [0.3, 0.4) is 0 Å². The molecule has 1 atom stereocenters. The number of hydrogen-bond acceptors (Lipinski definition) is 2. The van der Waals surface area contributed by atoms with Gasteiger partial charge in [0.1, 0.15) is 5.76 Å². The SMILES string of the molecule is CCCNC(c1ccc(Br)o1)C1Cc2ccccc2C1. The Morgan fingerprint density at radius 3 is 2.45 bits per heavy atom. The van der Waals surface area contributed by atoms with Gasteiger partial charge in [0, 0.05) is 0 Å². The van der Waals surface area contributed by atoms with E-state index >= 15 is 0 Å². The molecule has 1 aromatic carbocycles. The fourth-order valence-electron chi connectivity index (χ4n) is 3.12. The van der Waals surface area contributed by atoms with Crippen LogP contribution in [0.4, 0.5) is 0 Å². The van der Waals surface area contributed by atoms with Crippen LogP contribution >= 0.6 is 15.9 Å². The van der Waals surface area contributed by atoms with E-state index in [1.54, 1.807) is 0 Å². The molecule has 0 aliphatic heterocycles. The van der Waals surface area contributed by atoms with Crippen LogP contribution < -0.4 is 5.32 Å². The zero-order chi connectivity index (χ0) is 13.9. The minimum absolute atomic E-state index is 0.300. The molecule has 20 heavy (non-hydrogen) atoms. The highest BCUT2D eigenvalue weighted by Gasteiger charge is 2.30. The van der Waals surface area contributed by atoms with Crippen LogP contribution in [-0.4, -0.2) is 6.54 Å². The Labute approximate surface area is 128 Å². The van der Waals surface area contributed by atoms with Gasteiger partial charge in [0.15, 0.2) is 4.67 Å². The van der Waals surface area contributed by atoms with E-state index < -0.39 is 0 Å². The number of benzene rings is 1. The monoisotopic (exact) mass is 333 g/mol. The van der Waals surface area contributed by atoms with Crippen LogP contribution in [0.2, 0.25) is 0 Å². The molecule has 1 aromatic heterocycles. The lowest BCUT2D eigenvalue weighted by atomic mass is 9.94. The molecule has 1 N–H and O–H groups in total. The third-order valence-corrected chi connectivity index (χ3v) is 4.49. The van der Waals surface area contributed by atoms with Gasteiger partial charge in [-0.25, -0.2) is 0 Å². The van der Waals surface area contributed by atoms with Gasteiger partial charge < -0.3 is 9.73 Å². The molecule has 0 amide bonds. The van der Waals surface area contributed by atoms with Gasteiger partial charge in [-0.1, -0.05) is 31.2 Å². The summed E-state index contributed by atoms with van der Waals surface area (Å²) in [6.07, 6.45) is 3.41. The summed E-state index contributed by atoms with van der Waals surface area (Å²) in [6, 6.07) is 13.2. The lowest BCUT2D eigenvalue weighted by molar-refractivity contribution is 0.312. The molecular weight excluding hydrogens is 314 g/mol. The average molecular weight is 334 g/mol. The molecule has 1 heterocycles. The summed E-state index contributed by atoms with van der Waals surface area (Å²) >= 11 is 3.41. The fourth-order valence-corrected chi connectivity index (χ4v) is 3.44. The van der Waals surface area contributed by atoms with Crippen LogP contribution in [-0.2, 0) is 12.8 Å². The summed E-state index contributed by atoms with van der Waals surface area (Å²) in [4.78, 5) is 0. The van der Waals surface area contributed by atoms with Gasteiger partial charge >= 0.3 is 0 Å². The number of nitrogens with one attached hydrogen (secondary N) is 1. The highest BCUT2D eigenvalue weighted by Crippen LogP contribution is 2.36. The van der Waals surface area contributed by atoms with Crippen LogP contribution in [0.5, 0.6) is 0 Å². The van der Waals surface area contributed by atoms with E-state index in [-0.39, 0.29) is 0 Å². The van der Waals surface area contributed by atoms with Crippen molar-refractivity contribution in [3.05, 3.63) is 58.0 Å². The first-order valence-electron chi connectivity index (χ1n) is 7.33. The second kappa shape index (κ2) is 6.15. The zero-order valence-corrected chi connectivity index (χ0v) is 13.3. The maximum atomic E-state index is 5.81. The summed E-state index contributed by atoms with van der Waals surface area (Å²) in [5, 5.41) is 3.66. The van der Waals surface area contributed by atoms with Crippen LogP contribution in [0.15, 0.2) is 45.5 Å². The Balaban J connectivity index is 1.81. The number of furan rings is 1. The molecule has 2 nitrogen and oxygen atoms in total. The minimum Gasteiger partial charge on any atom is -0.453 e. The Morgan fingerprint density at radius 1 is 1.20 bits per heavy atom. The molecular formula is C17H20BrNO. The van der Waals surface area contributed by atoms with Crippen molar-refractivity contribution >= 4 is 15.9 Å². The smallest absolute Gasteiger partial charge is 0.169 e. The predicted molar refractivity (Wildman–Crippen MR) is 84.8 cm³/mol. The lowest BCUT2D eigenvalue weighted by Crippen LogP contribution is -2.29. The molecule has 1 aliphatic rings. The van der Waals surface area contributed by atoms with E-state index in [0.29, 0.717) is 12.0 Å². The quantitative estimate of drug-likeness (QED) is 0.871. The Hall–Kier alpha value is -1.06. The summed E-state index contributed by atoms with van der Waals surface area (Å²) < 4.78 is 6.62. The number of hydrogen-bond donors (Lipinski definition) is 1. The van der Waals surface area contributed by atoms with Crippen molar-refractivity contribution in [1.29, 1.82) is 0 Å². The van der Waals surface area contributed by atoms with E-state index in [1.165, 1.54) is 11.1 Å². The maximum Gasteiger partial charge on any atom is 0.169 e. The van der Waals surface area contributed by atoms with Gasteiger partial charge in [-0.2, -0.15) is 0 Å². The molecule has 0 radical (unpaired) electrons. The standard InChI is InChI=1S/C17H20BrNO/c1-2-9-19-17(15-7-8-16(18)20-15)14-10-12-5-3-4-6-13(12)11-14/h3-8,14,17,19H,2,9-11H2,1H3. The zero-order valence-electron chi connectivity index (χ0n) is 11.7. The van der Waals surface area contributed by atoms with Gasteiger partial charge in [-0.05, 0) is 70.9 Å². The fraction of sp³-hybridized carbons (Fsp3) is 0.412. The molecule has 1 unspecified atom stereocenters. The normalized spacial score (nSPS) is 16.3.